The summed E-state index contributed by atoms with van der Waals surface area (Å²) in [4.78, 5) is 19.4. The van der Waals surface area contributed by atoms with Crippen molar-refractivity contribution in [2.75, 3.05) is 13.1 Å². The van der Waals surface area contributed by atoms with Crippen molar-refractivity contribution < 1.29 is 13.7 Å². The van der Waals surface area contributed by atoms with Gasteiger partial charge in [0.2, 0.25) is 11.7 Å². The van der Waals surface area contributed by atoms with E-state index in [4.69, 9.17) is 4.52 Å². The molecule has 1 aliphatic heterocycles. The second-order valence-electron chi connectivity index (χ2n) is 6.64. The van der Waals surface area contributed by atoms with Crippen LogP contribution in [0.1, 0.15) is 34.1 Å². The third-order valence-electron chi connectivity index (χ3n) is 4.70. The number of hydrogen-bond donors (Lipinski definition) is 0. The van der Waals surface area contributed by atoms with Gasteiger partial charge in [0.25, 0.3) is 5.91 Å². The number of piperidine rings is 1. The second-order valence-corrected chi connectivity index (χ2v) is 7.40. The van der Waals surface area contributed by atoms with E-state index in [9.17, 15) is 9.18 Å². The van der Waals surface area contributed by atoms with Gasteiger partial charge in [-0.15, -0.1) is 5.10 Å². The number of benzene rings is 1. The van der Waals surface area contributed by atoms with E-state index in [1.165, 1.54) is 6.07 Å². The number of aryl methyl sites for hydroxylation is 1. The van der Waals surface area contributed by atoms with Gasteiger partial charge in [-0.05, 0) is 49.3 Å². The second kappa shape index (κ2) is 7.51. The highest BCUT2D eigenvalue weighted by atomic mass is 32.1. The molecule has 27 heavy (non-hydrogen) atoms. The van der Waals surface area contributed by atoms with Crippen molar-refractivity contribution in [3.05, 3.63) is 46.5 Å². The molecule has 0 aliphatic carbocycles. The third kappa shape index (κ3) is 3.73. The van der Waals surface area contributed by atoms with Crippen molar-refractivity contribution in [1.29, 1.82) is 0 Å². The van der Waals surface area contributed by atoms with Crippen molar-refractivity contribution in [3.8, 4) is 11.4 Å². The van der Waals surface area contributed by atoms with E-state index in [0.717, 1.165) is 30.9 Å². The van der Waals surface area contributed by atoms with Crippen LogP contribution in [0.5, 0.6) is 0 Å². The first-order valence-electron chi connectivity index (χ1n) is 8.77. The molecule has 0 spiro atoms. The maximum absolute atomic E-state index is 13.9. The highest BCUT2D eigenvalue weighted by molar-refractivity contribution is 7.07. The molecule has 1 atom stereocenters. The minimum absolute atomic E-state index is 0.0234. The summed E-state index contributed by atoms with van der Waals surface area (Å²) in [6.07, 6.45) is 2.45. The Morgan fingerprint density at radius 3 is 3.04 bits per heavy atom. The van der Waals surface area contributed by atoms with Crippen molar-refractivity contribution in [1.82, 2.24) is 24.6 Å². The Balaban J connectivity index is 1.44. The van der Waals surface area contributed by atoms with Crippen LogP contribution in [0.3, 0.4) is 0 Å². The van der Waals surface area contributed by atoms with Crippen LogP contribution >= 0.6 is 11.5 Å². The molecule has 1 aromatic carbocycles. The van der Waals surface area contributed by atoms with Crippen molar-refractivity contribution in [3.63, 3.8) is 0 Å². The molecular weight excluding hydrogens is 369 g/mol. The molecule has 1 fully saturated rings. The van der Waals surface area contributed by atoms with Gasteiger partial charge in [-0.25, -0.2) is 4.39 Å². The minimum Gasteiger partial charge on any atom is -0.339 e. The number of carbonyl (C=O) groups excluding carboxylic acids is 1. The number of likely N-dealkylation sites (tertiary alicyclic amines) is 1. The van der Waals surface area contributed by atoms with Gasteiger partial charge in [-0.1, -0.05) is 21.8 Å². The summed E-state index contributed by atoms with van der Waals surface area (Å²) in [5.41, 5.74) is 0.986. The fourth-order valence-corrected chi connectivity index (χ4v) is 3.95. The lowest BCUT2D eigenvalue weighted by atomic mass is 9.94. The Bertz CT molecular complexity index is 957. The lowest BCUT2D eigenvalue weighted by molar-refractivity contribution is 0.0672. The zero-order valence-corrected chi connectivity index (χ0v) is 15.6. The molecule has 0 saturated carbocycles. The Morgan fingerprint density at radius 1 is 1.41 bits per heavy atom. The fraction of sp³-hybridized carbons (Fsp3) is 0.389. The molecule has 7 nitrogen and oxygen atoms in total. The number of nitrogens with zero attached hydrogens (tertiary/aromatic N) is 5. The predicted octanol–water partition coefficient (Wildman–Crippen LogP) is 3.13. The highest BCUT2D eigenvalue weighted by Crippen LogP contribution is 2.25. The lowest BCUT2D eigenvalue weighted by Gasteiger charge is -2.31. The highest BCUT2D eigenvalue weighted by Gasteiger charge is 2.28. The van der Waals surface area contributed by atoms with Crippen LogP contribution in [0.15, 0.2) is 28.8 Å². The average molecular weight is 387 g/mol. The summed E-state index contributed by atoms with van der Waals surface area (Å²) in [6.45, 7) is 3.13. The Kier molecular flexibility index (Phi) is 4.93. The SMILES string of the molecule is Cc1nnsc1C(=O)N1CCC[C@H](Cc2nc(-c3ccccc3F)no2)C1. The zero-order valence-electron chi connectivity index (χ0n) is 14.8. The summed E-state index contributed by atoms with van der Waals surface area (Å²) < 4.78 is 23.0. The van der Waals surface area contributed by atoms with Crippen LogP contribution in [0, 0.1) is 18.7 Å². The number of aromatic nitrogens is 4. The Morgan fingerprint density at radius 2 is 2.26 bits per heavy atom. The quantitative estimate of drug-likeness (QED) is 0.684. The predicted molar refractivity (Wildman–Crippen MR) is 96.7 cm³/mol. The molecule has 0 N–H and O–H groups in total. The van der Waals surface area contributed by atoms with Crippen LogP contribution in [-0.4, -0.2) is 43.6 Å². The summed E-state index contributed by atoms with van der Waals surface area (Å²) in [6, 6.07) is 6.34. The van der Waals surface area contributed by atoms with Crippen molar-refractivity contribution in [2.45, 2.75) is 26.2 Å². The van der Waals surface area contributed by atoms with Gasteiger partial charge < -0.3 is 9.42 Å². The molecule has 9 heteroatoms. The topological polar surface area (TPSA) is 85.0 Å². The molecule has 1 saturated heterocycles. The summed E-state index contributed by atoms with van der Waals surface area (Å²) in [5.74, 6) is 0.525. The van der Waals surface area contributed by atoms with E-state index in [1.807, 2.05) is 4.90 Å². The smallest absolute Gasteiger partial charge is 0.267 e. The Labute approximate surface area is 159 Å². The van der Waals surface area contributed by atoms with Gasteiger partial charge in [0.15, 0.2) is 0 Å². The summed E-state index contributed by atoms with van der Waals surface area (Å²) in [5, 5.41) is 7.81. The number of hydrogen-bond acceptors (Lipinski definition) is 7. The van der Waals surface area contributed by atoms with E-state index in [0.29, 0.717) is 35.0 Å². The molecule has 3 heterocycles. The minimum atomic E-state index is -0.382. The third-order valence-corrected chi connectivity index (χ3v) is 5.51. The van der Waals surface area contributed by atoms with E-state index in [1.54, 1.807) is 25.1 Å². The molecule has 2 aromatic heterocycles. The monoisotopic (exact) mass is 387 g/mol. The fourth-order valence-electron chi connectivity index (χ4n) is 3.32. The maximum atomic E-state index is 13.9. The largest absolute Gasteiger partial charge is 0.339 e. The van der Waals surface area contributed by atoms with Crippen LogP contribution < -0.4 is 0 Å². The number of rotatable bonds is 4. The van der Waals surface area contributed by atoms with Crippen LogP contribution in [-0.2, 0) is 6.42 Å². The van der Waals surface area contributed by atoms with E-state index in [2.05, 4.69) is 19.7 Å². The molecule has 1 amide bonds. The first-order valence-corrected chi connectivity index (χ1v) is 9.55. The van der Waals surface area contributed by atoms with Gasteiger partial charge in [-0.2, -0.15) is 4.98 Å². The number of amides is 1. The Hall–Kier alpha value is -2.68. The van der Waals surface area contributed by atoms with E-state index < -0.39 is 0 Å². The maximum Gasteiger partial charge on any atom is 0.267 e. The average Bonchev–Trinajstić information content (AvgIpc) is 3.31. The van der Waals surface area contributed by atoms with Gasteiger partial charge in [0.1, 0.15) is 10.7 Å². The van der Waals surface area contributed by atoms with Crippen molar-refractivity contribution >= 4 is 17.4 Å². The van der Waals surface area contributed by atoms with Gasteiger partial charge in [-0.3, -0.25) is 4.79 Å². The molecular formula is C18H18FN5O2S. The summed E-state index contributed by atoms with van der Waals surface area (Å²) in [7, 11) is 0. The van der Waals surface area contributed by atoms with Crippen LogP contribution in [0.25, 0.3) is 11.4 Å². The standard InChI is InChI=1S/C18H18FN5O2S/c1-11-16(27-23-21-11)18(25)24-8-4-5-12(10-24)9-15-20-17(22-26-15)13-6-2-3-7-14(13)19/h2-3,6-7,12H,4-5,8-10H2,1H3/t12-/m1/s1. The zero-order chi connectivity index (χ0) is 18.8. The van der Waals surface area contributed by atoms with Gasteiger partial charge in [0.05, 0.1) is 11.3 Å². The summed E-state index contributed by atoms with van der Waals surface area (Å²) >= 11 is 1.13. The molecule has 0 radical (unpaired) electrons. The molecule has 0 bridgehead atoms. The molecule has 4 rings (SSSR count). The molecule has 0 unspecified atom stereocenters. The van der Waals surface area contributed by atoms with Crippen LogP contribution in [0.2, 0.25) is 0 Å². The van der Waals surface area contributed by atoms with Gasteiger partial charge >= 0.3 is 0 Å². The van der Waals surface area contributed by atoms with Crippen LogP contribution in [0.4, 0.5) is 4.39 Å². The van der Waals surface area contributed by atoms with E-state index >= 15 is 0 Å². The molecule has 1 aliphatic rings. The van der Waals surface area contributed by atoms with Crippen molar-refractivity contribution in [2.24, 2.45) is 5.92 Å². The molecule has 3 aromatic rings. The van der Waals surface area contributed by atoms with Gasteiger partial charge in [0, 0.05) is 19.5 Å². The lowest BCUT2D eigenvalue weighted by Crippen LogP contribution is -2.40. The number of halogens is 1. The molecule has 140 valence electrons. The number of carbonyl (C=O) groups is 1. The normalized spacial score (nSPS) is 17.3. The van der Waals surface area contributed by atoms with E-state index in [-0.39, 0.29) is 23.5 Å². The first kappa shape index (κ1) is 17.7. The first-order chi connectivity index (χ1) is 13.1.